The maximum atomic E-state index is 13.0. The molecule has 6 rings (SSSR count). The van der Waals surface area contributed by atoms with E-state index in [9.17, 15) is 14.9 Å². The molecule has 39 heavy (non-hydrogen) atoms. The van der Waals surface area contributed by atoms with Gasteiger partial charge in [0.05, 0.1) is 34.7 Å². The van der Waals surface area contributed by atoms with Crippen LogP contribution in [0, 0.1) is 11.3 Å². The molecule has 1 amide bonds. The van der Waals surface area contributed by atoms with Gasteiger partial charge in [-0.3, -0.25) is 4.79 Å². The van der Waals surface area contributed by atoms with Gasteiger partial charge in [0.15, 0.2) is 17.6 Å². The van der Waals surface area contributed by atoms with Gasteiger partial charge in [0, 0.05) is 4.88 Å². The highest BCUT2D eigenvalue weighted by molar-refractivity contribution is 7.16. The number of hydrogen-bond donors (Lipinski definition) is 1. The van der Waals surface area contributed by atoms with E-state index in [1.165, 1.54) is 18.3 Å². The van der Waals surface area contributed by atoms with Crippen LogP contribution in [0.2, 0.25) is 0 Å². The molecule has 0 saturated heterocycles. The van der Waals surface area contributed by atoms with Crippen molar-refractivity contribution in [3.8, 4) is 29.0 Å². The molecule has 0 spiro atoms. The molecule has 0 aliphatic heterocycles. The highest BCUT2D eigenvalue weighted by Crippen LogP contribution is 2.38. The fraction of sp³-hybridized carbons (Fsp3) is 0.207. The summed E-state index contributed by atoms with van der Waals surface area (Å²) in [4.78, 5) is 36.4. The van der Waals surface area contributed by atoms with Gasteiger partial charge >= 0.3 is 5.97 Å². The lowest BCUT2D eigenvalue weighted by molar-refractivity contribution is -0.123. The van der Waals surface area contributed by atoms with E-state index in [1.54, 1.807) is 55.0 Å². The smallest absolute Gasteiger partial charge is 0.338 e. The van der Waals surface area contributed by atoms with E-state index >= 15 is 0 Å². The fourth-order valence-electron chi connectivity index (χ4n) is 4.62. The molecule has 0 radical (unpaired) electrons. The molecule has 0 bridgehead atoms. The number of nitriles is 1. The number of nitrogens with one attached hydrogen (secondary N) is 1. The van der Waals surface area contributed by atoms with Gasteiger partial charge in [-0.15, -0.1) is 11.3 Å². The number of anilines is 1. The van der Waals surface area contributed by atoms with E-state index in [0.29, 0.717) is 44.5 Å². The van der Waals surface area contributed by atoms with Gasteiger partial charge in [0.1, 0.15) is 22.5 Å². The molecule has 0 fully saturated rings. The zero-order chi connectivity index (χ0) is 26.9. The number of carbonyl (C=O) groups is 2. The van der Waals surface area contributed by atoms with Crippen LogP contribution in [-0.4, -0.2) is 27.9 Å². The first kappa shape index (κ1) is 24.6. The van der Waals surface area contributed by atoms with E-state index < -0.39 is 18.0 Å². The molecule has 4 heterocycles. The van der Waals surface area contributed by atoms with Crippen LogP contribution in [-0.2, 0) is 22.4 Å². The van der Waals surface area contributed by atoms with E-state index in [4.69, 9.17) is 23.5 Å². The van der Waals surface area contributed by atoms with Crippen LogP contribution in [0.4, 0.5) is 5.00 Å². The van der Waals surface area contributed by atoms with Gasteiger partial charge in [0.25, 0.3) is 5.91 Å². The Morgan fingerprint density at radius 3 is 2.38 bits per heavy atom. The number of nitrogens with zero attached hydrogens (tertiary/aromatic N) is 3. The van der Waals surface area contributed by atoms with Gasteiger partial charge < -0.3 is 18.9 Å². The minimum absolute atomic E-state index is 0.219. The Kier molecular flexibility index (Phi) is 6.42. The first-order chi connectivity index (χ1) is 19.0. The maximum absolute atomic E-state index is 13.0. The summed E-state index contributed by atoms with van der Waals surface area (Å²) in [6.45, 7) is 1.50. The van der Waals surface area contributed by atoms with E-state index in [-0.39, 0.29) is 5.56 Å². The topological polar surface area (TPSA) is 131 Å². The number of hydrogen-bond acceptors (Lipinski definition) is 9. The van der Waals surface area contributed by atoms with Crippen LogP contribution in [0.3, 0.4) is 0 Å². The van der Waals surface area contributed by atoms with Crippen LogP contribution in [0.25, 0.3) is 33.9 Å². The molecule has 1 aliphatic carbocycles. The van der Waals surface area contributed by atoms with Crippen molar-refractivity contribution in [3.05, 3.63) is 76.6 Å². The molecule has 0 saturated carbocycles. The van der Waals surface area contributed by atoms with Crippen molar-refractivity contribution in [1.82, 2.24) is 9.97 Å². The van der Waals surface area contributed by atoms with E-state index in [2.05, 4.69) is 11.4 Å². The average Bonchev–Trinajstić information content (AvgIpc) is 3.73. The standard InChI is InChI=1S/C29H22N4O5S/c1-16(27(34)33-28-19(15-30)18-6-2-3-9-24(18)39-28)38-29(35)17-10-11-20-21(14-17)32-26(23-8-5-13-37-23)25(31-20)22-7-4-12-36-22/h4-5,7-8,10-14,16H,2-3,6,9H2,1H3,(H,33,34). The molecule has 1 aliphatic rings. The summed E-state index contributed by atoms with van der Waals surface area (Å²) < 4.78 is 16.6. The number of ether oxygens (including phenoxy) is 1. The van der Waals surface area contributed by atoms with Crippen molar-refractivity contribution in [1.29, 1.82) is 5.26 Å². The second-order valence-electron chi connectivity index (χ2n) is 9.14. The Morgan fingerprint density at radius 2 is 1.72 bits per heavy atom. The summed E-state index contributed by atoms with van der Waals surface area (Å²) in [5.74, 6) is -0.143. The second kappa shape index (κ2) is 10.2. The second-order valence-corrected chi connectivity index (χ2v) is 10.2. The number of esters is 1. The van der Waals surface area contributed by atoms with Gasteiger partial charge in [-0.2, -0.15) is 5.26 Å². The summed E-state index contributed by atoms with van der Waals surface area (Å²) in [5.41, 5.74) is 3.72. The lowest BCUT2D eigenvalue weighted by Crippen LogP contribution is -2.30. The number of benzene rings is 1. The molecule has 1 N–H and O–H groups in total. The maximum Gasteiger partial charge on any atom is 0.338 e. The summed E-state index contributed by atoms with van der Waals surface area (Å²) in [5, 5.41) is 12.9. The molecule has 1 aromatic carbocycles. The molecule has 9 nitrogen and oxygen atoms in total. The first-order valence-electron chi connectivity index (χ1n) is 12.5. The normalized spacial score (nSPS) is 13.4. The largest absolute Gasteiger partial charge is 0.463 e. The Labute approximate surface area is 227 Å². The van der Waals surface area contributed by atoms with Crippen LogP contribution in [0.15, 0.2) is 63.8 Å². The van der Waals surface area contributed by atoms with Crippen molar-refractivity contribution in [2.45, 2.75) is 38.7 Å². The van der Waals surface area contributed by atoms with Crippen molar-refractivity contribution in [3.63, 3.8) is 0 Å². The highest BCUT2D eigenvalue weighted by atomic mass is 32.1. The third-order valence-electron chi connectivity index (χ3n) is 6.58. The van der Waals surface area contributed by atoms with E-state index in [1.807, 2.05) is 0 Å². The molecule has 10 heteroatoms. The zero-order valence-corrected chi connectivity index (χ0v) is 21.7. The van der Waals surface area contributed by atoms with Gasteiger partial charge in [-0.25, -0.2) is 14.8 Å². The van der Waals surface area contributed by atoms with Crippen molar-refractivity contribution in [2.24, 2.45) is 0 Å². The number of amides is 1. The summed E-state index contributed by atoms with van der Waals surface area (Å²) in [6.07, 6.45) is 5.86. The number of aromatic nitrogens is 2. The number of carbonyl (C=O) groups excluding carboxylic acids is 2. The van der Waals surface area contributed by atoms with Crippen LogP contribution >= 0.6 is 11.3 Å². The summed E-state index contributed by atoms with van der Waals surface area (Å²) in [6, 6.07) is 14.1. The number of furan rings is 2. The Balaban J connectivity index is 1.23. The number of fused-ring (bicyclic) bond motifs is 2. The van der Waals surface area contributed by atoms with Crippen molar-refractivity contribution < 1.29 is 23.2 Å². The lowest BCUT2D eigenvalue weighted by atomic mass is 9.96. The van der Waals surface area contributed by atoms with Gasteiger partial charge in [-0.05, 0) is 80.6 Å². The molecular formula is C29H22N4O5S. The van der Waals surface area contributed by atoms with Crippen LogP contribution in [0.5, 0.6) is 0 Å². The molecular weight excluding hydrogens is 516 g/mol. The Hall–Kier alpha value is -4.75. The molecule has 5 aromatic rings. The average molecular weight is 539 g/mol. The number of rotatable bonds is 6. The zero-order valence-electron chi connectivity index (χ0n) is 20.9. The Bertz CT molecular complexity index is 1730. The van der Waals surface area contributed by atoms with Crippen LogP contribution < -0.4 is 5.32 Å². The monoisotopic (exact) mass is 538 g/mol. The SMILES string of the molecule is CC(OC(=O)c1ccc2nc(-c3ccco3)c(-c3ccco3)nc2c1)C(=O)Nc1sc2c(c1C#N)CCCC2. The number of thiophene rings is 1. The summed E-state index contributed by atoms with van der Waals surface area (Å²) in [7, 11) is 0. The fourth-order valence-corrected chi connectivity index (χ4v) is 5.86. The van der Waals surface area contributed by atoms with Crippen molar-refractivity contribution in [2.75, 3.05) is 5.32 Å². The van der Waals surface area contributed by atoms with E-state index in [0.717, 1.165) is 36.1 Å². The predicted molar refractivity (Wildman–Crippen MR) is 144 cm³/mol. The van der Waals surface area contributed by atoms with Gasteiger partial charge in [0.2, 0.25) is 0 Å². The van der Waals surface area contributed by atoms with Gasteiger partial charge in [-0.1, -0.05) is 0 Å². The van der Waals surface area contributed by atoms with Crippen LogP contribution in [0.1, 0.15) is 46.1 Å². The molecule has 1 unspecified atom stereocenters. The summed E-state index contributed by atoms with van der Waals surface area (Å²) >= 11 is 1.42. The first-order valence-corrected chi connectivity index (χ1v) is 13.3. The quantitative estimate of drug-likeness (QED) is 0.255. The number of aryl methyl sites for hydroxylation is 1. The predicted octanol–water partition coefficient (Wildman–Crippen LogP) is 6.15. The van der Waals surface area contributed by atoms with Crippen molar-refractivity contribution >= 4 is 39.2 Å². The third kappa shape index (κ3) is 4.69. The highest BCUT2D eigenvalue weighted by Gasteiger charge is 2.25. The molecule has 1 atom stereocenters. The lowest BCUT2D eigenvalue weighted by Gasteiger charge is -2.13. The Morgan fingerprint density at radius 1 is 1.03 bits per heavy atom. The minimum Gasteiger partial charge on any atom is -0.463 e. The molecule has 4 aromatic heterocycles. The molecule has 194 valence electrons. The third-order valence-corrected chi connectivity index (χ3v) is 7.79. The minimum atomic E-state index is -1.08.